The Balaban J connectivity index is 1.26. The highest BCUT2D eigenvalue weighted by Gasteiger charge is 2.55. The largest absolute Gasteiger partial charge is 0.448 e. The van der Waals surface area contributed by atoms with Gasteiger partial charge in [0.25, 0.3) is 11.8 Å². The van der Waals surface area contributed by atoms with Crippen molar-refractivity contribution in [3.8, 4) is 0 Å². The van der Waals surface area contributed by atoms with E-state index in [1.807, 2.05) is 91.2 Å². The zero-order valence-electron chi connectivity index (χ0n) is 27.5. The lowest BCUT2D eigenvalue weighted by Crippen LogP contribution is -2.71. The van der Waals surface area contributed by atoms with Crippen molar-refractivity contribution in [2.45, 2.75) is 24.4 Å². The van der Waals surface area contributed by atoms with Gasteiger partial charge in [0.15, 0.2) is 16.9 Å². The molecule has 4 heterocycles. The first-order valence-electron chi connectivity index (χ1n) is 15.9. The summed E-state index contributed by atoms with van der Waals surface area (Å²) < 4.78 is 6.26. The third-order valence-corrected chi connectivity index (χ3v) is 10.7. The van der Waals surface area contributed by atoms with E-state index in [1.54, 1.807) is 11.6 Å². The van der Waals surface area contributed by atoms with Gasteiger partial charge in [0.1, 0.15) is 29.4 Å². The van der Waals surface area contributed by atoms with Crippen LogP contribution in [0.4, 0.5) is 5.13 Å². The first-order chi connectivity index (χ1) is 24.8. The Bertz CT molecular complexity index is 1940. The number of thiazole rings is 1. The van der Waals surface area contributed by atoms with Crippen LogP contribution < -0.4 is 11.1 Å². The Morgan fingerprint density at radius 2 is 1.86 bits per heavy atom. The molecule has 4 aromatic rings. The van der Waals surface area contributed by atoms with E-state index in [0.29, 0.717) is 11.5 Å². The second-order valence-electron chi connectivity index (χ2n) is 11.4. The summed E-state index contributed by atoms with van der Waals surface area (Å²) in [4.78, 5) is 56.8. The van der Waals surface area contributed by atoms with Crippen molar-refractivity contribution in [3.05, 3.63) is 142 Å². The lowest BCUT2D eigenvalue weighted by atomic mass is 10.0. The normalized spacial score (nSPS) is 17.3. The molecule has 1 unspecified atom stereocenters. The number of esters is 1. The second-order valence-corrected chi connectivity index (χ2v) is 14.3. The number of aromatic nitrogens is 2. The number of pyridine rings is 1. The molecule has 14 heteroatoms. The van der Waals surface area contributed by atoms with Crippen LogP contribution in [0.3, 0.4) is 0 Å². The number of hydrogen-bond donors (Lipinski definition) is 2. The van der Waals surface area contributed by atoms with Crippen LogP contribution >= 0.6 is 34.9 Å². The molecule has 1 saturated heterocycles. The monoisotopic (exact) mass is 738 g/mol. The van der Waals surface area contributed by atoms with Crippen LogP contribution in [-0.4, -0.2) is 67.9 Å². The van der Waals surface area contributed by atoms with Crippen molar-refractivity contribution in [2.75, 3.05) is 23.8 Å². The Hall–Kier alpha value is -5.18. The highest BCUT2D eigenvalue weighted by Crippen LogP contribution is 2.42. The van der Waals surface area contributed by atoms with E-state index in [9.17, 15) is 14.4 Å². The Labute approximate surface area is 307 Å². The standard InChI is InChI=1S/C37H34N6O5S3/c1-3-17-47-42-29(28-22-51-37(38)40-28)33(44)41-30-34(45)43-31(27(21-50-35(30)43)20-49-18-16-24-15-14-23(2)39-19-24)36(46)48-32(25-10-6-4-7-11-25)26-12-8-5-9-13-26/h3-16,18-19,22,30,32,35H,1,17,20-21H2,2H3,(H2,38,40)(H,41,44)/b18-16-,42-29?/t30?,35-/m1/s1. The third-order valence-electron chi connectivity index (χ3n) is 7.83. The SMILES string of the molecule is C=CCON=C(C(=O)NC1C(=O)N2C(C(=O)OC(c3ccccc3)c3ccccc3)=C(CS/C=C\c3ccc(C)nc3)CS[C@H]12)c1csc(N)n1. The molecule has 3 N–H and O–H groups in total. The molecule has 0 saturated carbocycles. The number of ether oxygens (including phenoxy) is 1. The molecule has 2 aliphatic heterocycles. The number of nitrogens with zero attached hydrogens (tertiary/aromatic N) is 4. The number of oxime groups is 1. The average molecular weight is 739 g/mol. The second kappa shape index (κ2) is 16.7. The van der Waals surface area contributed by atoms with E-state index in [1.165, 1.54) is 34.5 Å². The van der Waals surface area contributed by atoms with Gasteiger partial charge in [-0.1, -0.05) is 84.5 Å². The number of nitrogen functional groups attached to an aromatic ring is 1. The van der Waals surface area contributed by atoms with Crippen LogP contribution in [0, 0.1) is 6.92 Å². The number of carbonyl (C=O) groups is 3. The van der Waals surface area contributed by atoms with Crippen molar-refractivity contribution < 1.29 is 24.0 Å². The molecule has 2 aliphatic rings. The molecule has 1 fully saturated rings. The van der Waals surface area contributed by atoms with Crippen LogP contribution in [0.1, 0.15) is 34.2 Å². The summed E-state index contributed by atoms with van der Waals surface area (Å²) in [5, 5.41) is 9.93. The zero-order chi connectivity index (χ0) is 35.7. The molecule has 0 bridgehead atoms. The summed E-state index contributed by atoms with van der Waals surface area (Å²) in [6.07, 6.45) is 4.51. The summed E-state index contributed by atoms with van der Waals surface area (Å²) >= 11 is 4.10. The van der Waals surface area contributed by atoms with Crippen molar-refractivity contribution in [2.24, 2.45) is 5.16 Å². The van der Waals surface area contributed by atoms with Gasteiger partial charge in [-0.05, 0) is 46.7 Å². The van der Waals surface area contributed by atoms with E-state index < -0.39 is 35.3 Å². The fourth-order valence-electron chi connectivity index (χ4n) is 5.35. The van der Waals surface area contributed by atoms with Crippen LogP contribution in [-0.2, 0) is 24.0 Å². The fraction of sp³-hybridized carbons (Fsp3) is 0.189. The maximum atomic E-state index is 14.3. The van der Waals surface area contributed by atoms with Gasteiger partial charge in [-0.25, -0.2) is 9.78 Å². The number of anilines is 1. The number of rotatable bonds is 14. The maximum absolute atomic E-state index is 14.3. The highest BCUT2D eigenvalue weighted by atomic mass is 32.2. The molecule has 51 heavy (non-hydrogen) atoms. The number of fused-ring (bicyclic) bond motifs is 1. The highest BCUT2D eigenvalue weighted by molar-refractivity contribution is 8.02. The first kappa shape index (κ1) is 35.6. The number of aryl methyl sites for hydroxylation is 1. The number of nitrogens with one attached hydrogen (secondary N) is 1. The van der Waals surface area contributed by atoms with Gasteiger partial charge in [0, 0.05) is 28.8 Å². The predicted molar refractivity (Wildman–Crippen MR) is 203 cm³/mol. The smallest absolute Gasteiger partial charge is 0.356 e. The molecule has 2 aromatic heterocycles. The molecule has 2 amide bonds. The number of nitrogens with two attached hydrogens (primary N) is 1. The van der Waals surface area contributed by atoms with Gasteiger partial charge >= 0.3 is 5.97 Å². The number of β-lactam (4-membered cyclic amide) rings is 1. The fourth-order valence-corrected chi connectivity index (χ4v) is 8.16. The van der Waals surface area contributed by atoms with Crippen molar-refractivity contribution in [1.29, 1.82) is 0 Å². The molecular weight excluding hydrogens is 705 g/mol. The zero-order valence-corrected chi connectivity index (χ0v) is 30.0. The Morgan fingerprint density at radius 1 is 1.14 bits per heavy atom. The van der Waals surface area contributed by atoms with Crippen LogP contribution in [0.2, 0.25) is 0 Å². The lowest BCUT2D eigenvalue weighted by Gasteiger charge is -2.49. The molecule has 2 aromatic carbocycles. The van der Waals surface area contributed by atoms with Gasteiger partial charge < -0.3 is 20.6 Å². The molecular formula is C37H34N6O5S3. The molecule has 0 radical (unpaired) electrons. The Kier molecular flexibility index (Phi) is 11.7. The van der Waals surface area contributed by atoms with Gasteiger partial charge in [0.2, 0.25) is 0 Å². The number of benzene rings is 2. The average Bonchev–Trinajstić information content (AvgIpc) is 3.59. The van der Waals surface area contributed by atoms with Crippen molar-refractivity contribution >= 4 is 69.6 Å². The molecule has 260 valence electrons. The lowest BCUT2D eigenvalue weighted by molar-refractivity contribution is -0.154. The minimum atomic E-state index is -0.937. The number of thioether (sulfide) groups is 2. The topological polar surface area (TPSA) is 149 Å². The first-order valence-corrected chi connectivity index (χ1v) is 18.8. The van der Waals surface area contributed by atoms with Crippen molar-refractivity contribution in [3.63, 3.8) is 0 Å². The molecule has 0 aliphatic carbocycles. The molecule has 6 rings (SSSR count). The number of amides is 2. The summed E-state index contributed by atoms with van der Waals surface area (Å²) in [5.74, 6) is -0.870. The van der Waals surface area contributed by atoms with Crippen LogP contribution in [0.15, 0.2) is 119 Å². The minimum Gasteiger partial charge on any atom is -0.448 e. The van der Waals surface area contributed by atoms with E-state index in [4.69, 9.17) is 15.3 Å². The van der Waals surface area contributed by atoms with Gasteiger partial charge in [-0.2, -0.15) is 0 Å². The summed E-state index contributed by atoms with van der Waals surface area (Å²) in [6.45, 7) is 5.58. The van der Waals surface area contributed by atoms with Gasteiger partial charge in [0.05, 0.1) is 0 Å². The molecule has 0 spiro atoms. The van der Waals surface area contributed by atoms with Crippen molar-refractivity contribution in [1.82, 2.24) is 20.2 Å². The minimum absolute atomic E-state index is 0.0616. The van der Waals surface area contributed by atoms with Crippen LogP contribution in [0.5, 0.6) is 0 Å². The van der Waals surface area contributed by atoms with E-state index in [-0.39, 0.29) is 28.8 Å². The van der Waals surface area contributed by atoms with E-state index in [2.05, 4.69) is 27.0 Å². The van der Waals surface area contributed by atoms with Gasteiger partial charge in [-0.3, -0.25) is 19.5 Å². The summed E-state index contributed by atoms with van der Waals surface area (Å²) in [7, 11) is 0. The molecule has 2 atom stereocenters. The van der Waals surface area contributed by atoms with Crippen LogP contribution in [0.25, 0.3) is 6.08 Å². The maximum Gasteiger partial charge on any atom is 0.356 e. The van der Waals surface area contributed by atoms with Gasteiger partial charge in [-0.15, -0.1) is 34.9 Å². The third kappa shape index (κ3) is 8.42. The molecule has 11 nitrogen and oxygen atoms in total. The predicted octanol–water partition coefficient (Wildman–Crippen LogP) is 5.73. The summed E-state index contributed by atoms with van der Waals surface area (Å²) in [6, 6.07) is 21.9. The van der Waals surface area contributed by atoms with E-state index in [0.717, 1.165) is 39.3 Å². The summed E-state index contributed by atoms with van der Waals surface area (Å²) in [5.41, 5.74) is 10.3. The van der Waals surface area contributed by atoms with E-state index >= 15 is 0 Å². The quantitative estimate of drug-likeness (QED) is 0.0411. The number of carbonyl (C=O) groups excluding carboxylic acids is 3. The Morgan fingerprint density at radius 3 is 2.49 bits per heavy atom. The number of hydrogen-bond acceptors (Lipinski definition) is 12.